The molecule has 4 nitrogen and oxygen atoms in total. The van der Waals surface area contributed by atoms with Gasteiger partial charge in [-0.15, -0.1) is 11.8 Å². The number of thioether (sulfide) groups is 1. The zero-order valence-electron chi connectivity index (χ0n) is 11.5. The highest BCUT2D eigenvalue weighted by molar-refractivity contribution is 8.00. The Balaban J connectivity index is 2.31. The van der Waals surface area contributed by atoms with Gasteiger partial charge in [0.05, 0.1) is 5.56 Å². The molecule has 0 aromatic carbocycles. The van der Waals surface area contributed by atoms with Crippen molar-refractivity contribution in [3.05, 3.63) is 23.0 Å². The summed E-state index contributed by atoms with van der Waals surface area (Å²) in [5.41, 5.74) is 8.38. The first-order valence-electron chi connectivity index (χ1n) is 6.74. The summed E-state index contributed by atoms with van der Waals surface area (Å²) >= 11 is 1.85. The Morgan fingerprint density at radius 3 is 2.68 bits per heavy atom. The minimum absolute atomic E-state index is 0.156. The van der Waals surface area contributed by atoms with E-state index in [0.717, 1.165) is 21.8 Å². The molecule has 1 heterocycles. The number of nitrogens with zero attached hydrogens (tertiary/aromatic N) is 2. The summed E-state index contributed by atoms with van der Waals surface area (Å²) in [4.78, 5) is 5.50. The second-order valence-electron chi connectivity index (χ2n) is 5.09. The van der Waals surface area contributed by atoms with E-state index in [1.54, 1.807) is 0 Å². The lowest BCUT2D eigenvalue weighted by Gasteiger charge is -2.22. The molecule has 1 aliphatic rings. The van der Waals surface area contributed by atoms with Gasteiger partial charge in [0.25, 0.3) is 0 Å². The topological polar surface area (TPSA) is 71.5 Å². The molecule has 1 fully saturated rings. The second kappa shape index (κ2) is 6.28. The Morgan fingerprint density at radius 1 is 1.37 bits per heavy atom. The molecule has 1 saturated carbocycles. The summed E-state index contributed by atoms with van der Waals surface area (Å²) in [5, 5.41) is 12.7. The van der Waals surface area contributed by atoms with Crippen molar-refractivity contribution in [1.82, 2.24) is 4.98 Å². The molecular weight excluding hydrogens is 258 g/mol. The summed E-state index contributed by atoms with van der Waals surface area (Å²) in [6.07, 6.45) is 6.46. The Kier molecular flexibility index (Phi) is 4.69. The zero-order valence-corrected chi connectivity index (χ0v) is 12.3. The van der Waals surface area contributed by atoms with E-state index in [4.69, 9.17) is 10.9 Å². The summed E-state index contributed by atoms with van der Waals surface area (Å²) in [6, 6.07) is 2.04. The number of hydrogen-bond acceptors (Lipinski definition) is 4. The molecule has 3 N–H and O–H groups in total. The smallest absolute Gasteiger partial charge is 0.173 e. The summed E-state index contributed by atoms with van der Waals surface area (Å²) in [5.74, 6) is 0.156. The van der Waals surface area contributed by atoms with Crippen LogP contribution in [-0.4, -0.2) is 21.3 Å². The highest BCUT2D eigenvalue weighted by Gasteiger charge is 2.19. The molecule has 1 aliphatic carbocycles. The lowest BCUT2D eigenvalue weighted by Crippen LogP contribution is -2.18. The maximum absolute atomic E-state index is 8.94. The third-order valence-corrected chi connectivity index (χ3v) is 4.88. The third-order valence-electron chi connectivity index (χ3n) is 3.50. The molecule has 19 heavy (non-hydrogen) atoms. The first-order valence-corrected chi connectivity index (χ1v) is 7.62. The lowest BCUT2D eigenvalue weighted by atomic mass is 10.0. The van der Waals surface area contributed by atoms with Gasteiger partial charge < -0.3 is 10.9 Å². The van der Waals surface area contributed by atoms with Gasteiger partial charge in [0.2, 0.25) is 0 Å². The number of amidine groups is 1. The predicted octanol–water partition coefficient (Wildman–Crippen LogP) is 3.22. The van der Waals surface area contributed by atoms with E-state index in [2.05, 4.69) is 10.1 Å². The highest BCUT2D eigenvalue weighted by atomic mass is 32.2. The van der Waals surface area contributed by atoms with Crippen LogP contribution >= 0.6 is 11.8 Å². The SMILES string of the molecule is Cc1cc(SC2CCCCC2)c(/C(N)=N/O)c(C)n1. The van der Waals surface area contributed by atoms with Crippen LogP contribution in [0.5, 0.6) is 0 Å². The molecular formula is C14H21N3OS. The number of hydrogen-bond donors (Lipinski definition) is 2. The standard InChI is InChI=1S/C14H21N3OS/c1-9-8-12(19-11-6-4-3-5-7-11)13(10(2)16-9)14(15)17-18/h8,11,18H,3-7H2,1-2H3,(H2,15,17). The van der Waals surface area contributed by atoms with Crippen molar-refractivity contribution >= 4 is 17.6 Å². The fraction of sp³-hybridized carbons (Fsp3) is 0.571. The van der Waals surface area contributed by atoms with Gasteiger partial charge in [-0.05, 0) is 32.8 Å². The van der Waals surface area contributed by atoms with E-state index in [1.807, 2.05) is 31.7 Å². The van der Waals surface area contributed by atoms with Gasteiger partial charge in [-0.25, -0.2) is 0 Å². The Labute approximate surface area is 118 Å². The minimum Gasteiger partial charge on any atom is -0.409 e. The molecule has 0 bridgehead atoms. The van der Waals surface area contributed by atoms with Gasteiger partial charge >= 0.3 is 0 Å². The van der Waals surface area contributed by atoms with Crippen molar-refractivity contribution in [2.24, 2.45) is 10.9 Å². The molecule has 0 unspecified atom stereocenters. The Bertz CT molecular complexity index is 482. The summed E-state index contributed by atoms with van der Waals surface area (Å²) in [6.45, 7) is 3.89. The van der Waals surface area contributed by atoms with Crippen LogP contribution in [0.15, 0.2) is 16.1 Å². The van der Waals surface area contributed by atoms with Gasteiger partial charge in [0, 0.05) is 21.5 Å². The van der Waals surface area contributed by atoms with Gasteiger partial charge in [0.15, 0.2) is 5.84 Å². The van der Waals surface area contributed by atoms with Crippen LogP contribution < -0.4 is 5.73 Å². The normalized spacial score (nSPS) is 17.7. The van der Waals surface area contributed by atoms with Crippen molar-refractivity contribution in [1.29, 1.82) is 0 Å². The molecule has 104 valence electrons. The first-order chi connectivity index (χ1) is 9.11. The molecule has 0 amide bonds. The van der Waals surface area contributed by atoms with E-state index in [1.165, 1.54) is 32.1 Å². The van der Waals surface area contributed by atoms with Crippen LogP contribution in [0.2, 0.25) is 0 Å². The maximum atomic E-state index is 8.94. The maximum Gasteiger partial charge on any atom is 0.173 e. The predicted molar refractivity (Wildman–Crippen MR) is 79.0 cm³/mol. The summed E-state index contributed by atoms with van der Waals surface area (Å²) in [7, 11) is 0. The number of rotatable bonds is 3. The second-order valence-corrected chi connectivity index (χ2v) is 6.43. The van der Waals surface area contributed by atoms with E-state index in [-0.39, 0.29) is 5.84 Å². The monoisotopic (exact) mass is 279 g/mol. The fourth-order valence-corrected chi connectivity index (χ4v) is 4.15. The Morgan fingerprint density at radius 2 is 2.05 bits per heavy atom. The van der Waals surface area contributed by atoms with E-state index in [0.29, 0.717) is 5.25 Å². The van der Waals surface area contributed by atoms with Gasteiger partial charge in [-0.2, -0.15) is 0 Å². The van der Waals surface area contributed by atoms with Gasteiger partial charge in [-0.3, -0.25) is 4.98 Å². The molecule has 2 rings (SSSR count). The summed E-state index contributed by atoms with van der Waals surface area (Å²) < 4.78 is 0. The van der Waals surface area contributed by atoms with Crippen molar-refractivity contribution in [3.8, 4) is 0 Å². The lowest BCUT2D eigenvalue weighted by molar-refractivity contribution is 0.318. The molecule has 0 spiro atoms. The van der Waals surface area contributed by atoms with Crippen LogP contribution in [0.25, 0.3) is 0 Å². The number of pyridine rings is 1. The molecule has 1 aromatic heterocycles. The molecule has 0 radical (unpaired) electrons. The third kappa shape index (κ3) is 3.41. The highest BCUT2D eigenvalue weighted by Crippen LogP contribution is 2.36. The minimum atomic E-state index is 0.156. The number of nitrogens with two attached hydrogens (primary N) is 1. The number of oxime groups is 1. The first kappa shape index (κ1) is 14.2. The molecule has 0 saturated heterocycles. The average Bonchev–Trinajstić information content (AvgIpc) is 2.38. The zero-order chi connectivity index (χ0) is 13.8. The van der Waals surface area contributed by atoms with Crippen molar-refractivity contribution in [2.45, 2.75) is 56.1 Å². The van der Waals surface area contributed by atoms with E-state index >= 15 is 0 Å². The van der Waals surface area contributed by atoms with Crippen LogP contribution in [0.3, 0.4) is 0 Å². The van der Waals surface area contributed by atoms with Crippen LogP contribution in [-0.2, 0) is 0 Å². The van der Waals surface area contributed by atoms with Crippen molar-refractivity contribution in [2.75, 3.05) is 0 Å². The van der Waals surface area contributed by atoms with Crippen LogP contribution in [0.4, 0.5) is 0 Å². The fourth-order valence-electron chi connectivity index (χ4n) is 2.61. The molecule has 1 aromatic rings. The number of aromatic nitrogens is 1. The van der Waals surface area contributed by atoms with E-state index in [9.17, 15) is 0 Å². The largest absolute Gasteiger partial charge is 0.409 e. The molecule has 5 heteroatoms. The molecule has 0 aliphatic heterocycles. The van der Waals surface area contributed by atoms with Crippen molar-refractivity contribution < 1.29 is 5.21 Å². The van der Waals surface area contributed by atoms with Crippen LogP contribution in [0, 0.1) is 13.8 Å². The van der Waals surface area contributed by atoms with Gasteiger partial charge in [-0.1, -0.05) is 24.4 Å². The van der Waals surface area contributed by atoms with Crippen LogP contribution in [0.1, 0.15) is 49.1 Å². The molecule has 0 atom stereocenters. The average molecular weight is 279 g/mol. The van der Waals surface area contributed by atoms with E-state index < -0.39 is 0 Å². The van der Waals surface area contributed by atoms with Crippen molar-refractivity contribution in [3.63, 3.8) is 0 Å². The number of aryl methyl sites for hydroxylation is 2. The quantitative estimate of drug-likeness (QED) is 0.386. The van der Waals surface area contributed by atoms with Gasteiger partial charge in [0.1, 0.15) is 0 Å². The Hall–Kier alpha value is -1.23.